The van der Waals surface area contributed by atoms with Gasteiger partial charge in [-0.1, -0.05) is 0 Å². The van der Waals surface area contributed by atoms with E-state index in [1.54, 1.807) is 4.90 Å². The summed E-state index contributed by atoms with van der Waals surface area (Å²) in [6.07, 6.45) is 0. The quantitative estimate of drug-likeness (QED) is 0.838. The lowest BCUT2D eigenvalue weighted by Crippen LogP contribution is -2.55. The van der Waals surface area contributed by atoms with Crippen LogP contribution in [0.4, 0.5) is 8.78 Å². The summed E-state index contributed by atoms with van der Waals surface area (Å²) >= 11 is 0. The molecule has 0 bridgehead atoms. The van der Waals surface area contributed by atoms with Gasteiger partial charge in [0.2, 0.25) is 0 Å². The number of halogens is 2. The Bertz CT molecular complexity index is 587. The molecule has 0 radical (unpaired) electrons. The predicted molar refractivity (Wildman–Crippen MR) is 73.5 cm³/mol. The van der Waals surface area contributed by atoms with Gasteiger partial charge in [-0.25, -0.2) is 8.78 Å². The van der Waals surface area contributed by atoms with Gasteiger partial charge in [-0.3, -0.25) is 9.69 Å². The zero-order chi connectivity index (χ0) is 15.6. The highest BCUT2D eigenvalue weighted by Crippen LogP contribution is 2.18. The second kappa shape index (κ2) is 5.78. The molecule has 6 heteroatoms. The standard InChI is InChI=1S/C15H17F2N3O/c1-15(2,10-18)20-7-5-19(6-8-20)14(21)11-3-4-12(16)13(17)9-11/h3-4,9H,5-8H2,1-2H3. The number of nitrogens with zero attached hydrogens (tertiary/aromatic N) is 3. The maximum absolute atomic E-state index is 13.2. The molecule has 1 aromatic carbocycles. The van der Waals surface area contributed by atoms with Gasteiger partial charge in [-0.2, -0.15) is 5.26 Å². The largest absolute Gasteiger partial charge is 0.336 e. The van der Waals surface area contributed by atoms with Gasteiger partial charge < -0.3 is 4.90 Å². The van der Waals surface area contributed by atoms with Crippen LogP contribution in [0.5, 0.6) is 0 Å². The first-order valence-electron chi connectivity index (χ1n) is 6.76. The lowest BCUT2D eigenvalue weighted by molar-refractivity contribution is 0.0520. The van der Waals surface area contributed by atoms with Crippen molar-refractivity contribution in [3.63, 3.8) is 0 Å². The van der Waals surface area contributed by atoms with E-state index in [1.807, 2.05) is 18.7 Å². The highest BCUT2D eigenvalue weighted by Gasteiger charge is 2.31. The third kappa shape index (κ3) is 3.19. The molecule has 1 amide bonds. The molecule has 1 heterocycles. The van der Waals surface area contributed by atoms with E-state index < -0.39 is 17.2 Å². The molecule has 2 rings (SSSR count). The number of hydrogen-bond acceptors (Lipinski definition) is 3. The van der Waals surface area contributed by atoms with E-state index in [4.69, 9.17) is 5.26 Å². The SMILES string of the molecule is CC(C)(C#N)N1CCN(C(=O)c2ccc(F)c(F)c2)CC1. The van der Waals surface area contributed by atoms with Gasteiger partial charge in [0.25, 0.3) is 5.91 Å². The zero-order valence-corrected chi connectivity index (χ0v) is 12.1. The topological polar surface area (TPSA) is 47.3 Å². The van der Waals surface area contributed by atoms with Crippen molar-refractivity contribution in [2.24, 2.45) is 0 Å². The van der Waals surface area contributed by atoms with Crippen LogP contribution in [0.15, 0.2) is 18.2 Å². The Morgan fingerprint density at radius 2 is 1.81 bits per heavy atom. The Morgan fingerprint density at radius 3 is 2.33 bits per heavy atom. The van der Waals surface area contributed by atoms with Gasteiger partial charge >= 0.3 is 0 Å². The molecule has 0 unspecified atom stereocenters. The van der Waals surface area contributed by atoms with Crippen LogP contribution >= 0.6 is 0 Å². The summed E-state index contributed by atoms with van der Waals surface area (Å²) in [7, 11) is 0. The number of benzene rings is 1. The fraction of sp³-hybridized carbons (Fsp3) is 0.467. The summed E-state index contributed by atoms with van der Waals surface area (Å²) in [5.74, 6) is -2.31. The van der Waals surface area contributed by atoms with Gasteiger partial charge in [-0.05, 0) is 32.0 Å². The van der Waals surface area contributed by atoms with Crippen LogP contribution in [-0.4, -0.2) is 47.4 Å². The summed E-state index contributed by atoms with van der Waals surface area (Å²) in [5, 5.41) is 9.11. The van der Waals surface area contributed by atoms with E-state index in [1.165, 1.54) is 6.07 Å². The van der Waals surface area contributed by atoms with Crippen molar-refractivity contribution in [3.8, 4) is 6.07 Å². The molecular formula is C15H17F2N3O. The van der Waals surface area contributed by atoms with Crippen molar-refractivity contribution in [2.75, 3.05) is 26.2 Å². The lowest BCUT2D eigenvalue weighted by atomic mass is 10.0. The highest BCUT2D eigenvalue weighted by molar-refractivity contribution is 5.94. The highest BCUT2D eigenvalue weighted by atomic mass is 19.2. The van der Waals surface area contributed by atoms with Gasteiger partial charge in [0.05, 0.1) is 6.07 Å². The first-order valence-corrected chi connectivity index (χ1v) is 6.76. The molecule has 0 spiro atoms. The Balaban J connectivity index is 2.04. The van der Waals surface area contributed by atoms with Crippen molar-refractivity contribution >= 4 is 5.91 Å². The first-order chi connectivity index (χ1) is 9.85. The minimum absolute atomic E-state index is 0.141. The number of carbonyl (C=O) groups is 1. The molecular weight excluding hydrogens is 276 g/mol. The van der Waals surface area contributed by atoms with Crippen LogP contribution in [0.1, 0.15) is 24.2 Å². The molecule has 0 saturated carbocycles. The summed E-state index contributed by atoms with van der Waals surface area (Å²) < 4.78 is 26.1. The lowest BCUT2D eigenvalue weighted by Gasteiger charge is -2.40. The van der Waals surface area contributed by atoms with E-state index in [-0.39, 0.29) is 11.5 Å². The molecule has 1 aliphatic heterocycles. The minimum atomic E-state index is -1.02. The molecule has 0 atom stereocenters. The molecule has 0 aromatic heterocycles. The predicted octanol–water partition coefficient (Wildman–Crippen LogP) is 2.02. The van der Waals surface area contributed by atoms with Gasteiger partial charge in [0, 0.05) is 31.7 Å². The minimum Gasteiger partial charge on any atom is -0.336 e. The van der Waals surface area contributed by atoms with Crippen LogP contribution in [0.25, 0.3) is 0 Å². The average molecular weight is 293 g/mol. The van der Waals surface area contributed by atoms with E-state index in [2.05, 4.69) is 6.07 Å². The van der Waals surface area contributed by atoms with Gasteiger partial charge in [0.1, 0.15) is 5.54 Å². The third-order valence-corrected chi connectivity index (χ3v) is 3.80. The normalized spacial score (nSPS) is 16.6. The van der Waals surface area contributed by atoms with Crippen LogP contribution < -0.4 is 0 Å². The van der Waals surface area contributed by atoms with Crippen molar-refractivity contribution < 1.29 is 13.6 Å². The van der Waals surface area contributed by atoms with Crippen molar-refractivity contribution in [3.05, 3.63) is 35.4 Å². The molecule has 0 aliphatic carbocycles. The average Bonchev–Trinajstić information content (AvgIpc) is 2.49. The number of nitriles is 1. The smallest absolute Gasteiger partial charge is 0.254 e. The van der Waals surface area contributed by atoms with Crippen LogP contribution in [0, 0.1) is 23.0 Å². The second-order valence-electron chi connectivity index (χ2n) is 5.58. The molecule has 21 heavy (non-hydrogen) atoms. The molecule has 1 saturated heterocycles. The number of rotatable bonds is 2. The zero-order valence-electron chi connectivity index (χ0n) is 12.1. The number of amides is 1. The molecule has 112 valence electrons. The van der Waals surface area contributed by atoms with Gasteiger partial charge in [0.15, 0.2) is 11.6 Å². The number of piperazine rings is 1. The van der Waals surface area contributed by atoms with E-state index in [9.17, 15) is 13.6 Å². The maximum atomic E-state index is 13.2. The summed E-state index contributed by atoms with van der Waals surface area (Å²) in [6, 6.07) is 5.39. The molecule has 1 aliphatic rings. The summed E-state index contributed by atoms with van der Waals surface area (Å²) in [6.45, 7) is 5.75. The van der Waals surface area contributed by atoms with E-state index in [0.717, 1.165) is 12.1 Å². The molecule has 0 N–H and O–H groups in total. The first kappa shape index (κ1) is 15.4. The van der Waals surface area contributed by atoms with E-state index in [0.29, 0.717) is 26.2 Å². The van der Waals surface area contributed by atoms with Crippen molar-refractivity contribution in [1.82, 2.24) is 9.80 Å². The van der Waals surface area contributed by atoms with Crippen molar-refractivity contribution in [2.45, 2.75) is 19.4 Å². The van der Waals surface area contributed by atoms with Crippen LogP contribution in [0.2, 0.25) is 0 Å². The Labute approximate surface area is 122 Å². The fourth-order valence-corrected chi connectivity index (χ4v) is 2.35. The number of hydrogen-bond donors (Lipinski definition) is 0. The Morgan fingerprint density at radius 1 is 1.19 bits per heavy atom. The summed E-state index contributed by atoms with van der Waals surface area (Å²) in [4.78, 5) is 15.8. The van der Waals surface area contributed by atoms with Crippen LogP contribution in [0.3, 0.4) is 0 Å². The fourth-order valence-electron chi connectivity index (χ4n) is 2.35. The maximum Gasteiger partial charge on any atom is 0.254 e. The second-order valence-corrected chi connectivity index (χ2v) is 5.58. The Kier molecular flexibility index (Phi) is 4.24. The monoisotopic (exact) mass is 293 g/mol. The summed E-state index contributed by atoms with van der Waals surface area (Å²) in [5.41, 5.74) is -0.432. The number of carbonyl (C=O) groups excluding carboxylic acids is 1. The molecule has 1 fully saturated rings. The molecule has 1 aromatic rings. The third-order valence-electron chi connectivity index (χ3n) is 3.80. The van der Waals surface area contributed by atoms with Crippen LogP contribution in [-0.2, 0) is 0 Å². The molecule has 4 nitrogen and oxygen atoms in total. The van der Waals surface area contributed by atoms with Gasteiger partial charge in [-0.15, -0.1) is 0 Å². The van der Waals surface area contributed by atoms with Crippen molar-refractivity contribution in [1.29, 1.82) is 5.26 Å². The Hall–Kier alpha value is -2.00. The van der Waals surface area contributed by atoms with E-state index >= 15 is 0 Å².